The van der Waals surface area contributed by atoms with Gasteiger partial charge in [-0.3, -0.25) is 4.90 Å². The van der Waals surface area contributed by atoms with Crippen molar-refractivity contribution in [1.82, 2.24) is 16.2 Å². The minimum atomic E-state index is -0.461. The summed E-state index contributed by atoms with van der Waals surface area (Å²) < 4.78 is 0. The van der Waals surface area contributed by atoms with E-state index in [1.165, 1.54) is 4.90 Å². The third-order valence-electron chi connectivity index (χ3n) is 2.85. The fourth-order valence-electron chi connectivity index (χ4n) is 1.91. The highest BCUT2D eigenvalue weighted by molar-refractivity contribution is 5.99. The molecule has 114 valence electrons. The Kier molecular flexibility index (Phi) is 5.37. The molecule has 0 aliphatic carbocycles. The zero-order valence-electron chi connectivity index (χ0n) is 12.2. The summed E-state index contributed by atoms with van der Waals surface area (Å²) in [6, 6.07) is 17.5. The first-order chi connectivity index (χ1) is 10.7. The lowest BCUT2D eigenvalue weighted by molar-refractivity contribution is 0.228. The van der Waals surface area contributed by atoms with Crippen molar-refractivity contribution in [2.45, 2.75) is 6.92 Å². The molecule has 0 saturated carbocycles. The molecular weight excluding hydrogens is 280 g/mol. The molecule has 0 unspecified atom stereocenters. The molecule has 4 amide bonds. The number of nitrogens with zero attached hydrogens (tertiary/aromatic N) is 1. The lowest BCUT2D eigenvalue weighted by Crippen LogP contribution is -2.50. The number of hydrogen-bond acceptors (Lipinski definition) is 2. The third-order valence-corrected chi connectivity index (χ3v) is 2.85. The van der Waals surface area contributed by atoms with Crippen LogP contribution in [0.5, 0.6) is 0 Å². The fraction of sp³-hybridized carbons (Fsp3) is 0.125. The van der Waals surface area contributed by atoms with E-state index in [0.29, 0.717) is 17.9 Å². The highest BCUT2D eigenvalue weighted by atomic mass is 16.2. The summed E-state index contributed by atoms with van der Waals surface area (Å²) in [6.45, 7) is 2.27. The summed E-state index contributed by atoms with van der Waals surface area (Å²) in [7, 11) is 0. The van der Waals surface area contributed by atoms with E-state index in [0.717, 1.165) is 0 Å². The normalized spacial score (nSPS) is 9.68. The minimum Gasteiger partial charge on any atom is -0.337 e. The summed E-state index contributed by atoms with van der Waals surface area (Å²) in [5, 5.41) is 2.54. The Morgan fingerprint density at radius 3 is 1.82 bits per heavy atom. The van der Waals surface area contributed by atoms with Gasteiger partial charge in [-0.15, -0.1) is 0 Å². The van der Waals surface area contributed by atoms with Crippen molar-refractivity contribution in [2.24, 2.45) is 0 Å². The van der Waals surface area contributed by atoms with Crippen molar-refractivity contribution in [1.29, 1.82) is 0 Å². The SMILES string of the molecule is CCNC(=O)NNC(=O)N(c1ccccc1)c1ccccc1. The topological polar surface area (TPSA) is 73.5 Å². The highest BCUT2D eigenvalue weighted by Gasteiger charge is 2.17. The van der Waals surface area contributed by atoms with Crippen LogP contribution in [-0.2, 0) is 0 Å². The van der Waals surface area contributed by atoms with E-state index in [1.807, 2.05) is 60.7 Å². The van der Waals surface area contributed by atoms with Crippen molar-refractivity contribution in [3.8, 4) is 0 Å². The van der Waals surface area contributed by atoms with Crippen molar-refractivity contribution in [3.05, 3.63) is 60.7 Å². The molecule has 0 saturated heterocycles. The van der Waals surface area contributed by atoms with Gasteiger partial charge >= 0.3 is 12.1 Å². The van der Waals surface area contributed by atoms with Gasteiger partial charge in [-0.2, -0.15) is 0 Å². The van der Waals surface area contributed by atoms with Crippen molar-refractivity contribution in [3.63, 3.8) is 0 Å². The first kappa shape index (κ1) is 15.4. The zero-order chi connectivity index (χ0) is 15.8. The summed E-state index contributed by atoms with van der Waals surface area (Å²) in [5.74, 6) is 0. The molecule has 0 spiro atoms. The third kappa shape index (κ3) is 3.99. The Morgan fingerprint density at radius 2 is 1.36 bits per heavy atom. The quantitative estimate of drug-likeness (QED) is 0.762. The Balaban J connectivity index is 2.18. The second-order valence-corrected chi connectivity index (χ2v) is 4.42. The fourth-order valence-corrected chi connectivity index (χ4v) is 1.91. The molecule has 0 aromatic heterocycles. The molecule has 2 rings (SSSR count). The molecule has 0 atom stereocenters. The van der Waals surface area contributed by atoms with Crippen LogP contribution in [0, 0.1) is 0 Å². The largest absolute Gasteiger partial charge is 0.345 e. The van der Waals surface area contributed by atoms with E-state index in [9.17, 15) is 9.59 Å². The number of carbonyl (C=O) groups is 2. The number of amides is 4. The molecule has 0 bridgehead atoms. The van der Waals surface area contributed by atoms with Gasteiger partial charge in [-0.05, 0) is 31.2 Å². The van der Waals surface area contributed by atoms with Crippen LogP contribution in [0.3, 0.4) is 0 Å². The average Bonchev–Trinajstić information content (AvgIpc) is 2.55. The van der Waals surface area contributed by atoms with E-state index >= 15 is 0 Å². The van der Waals surface area contributed by atoms with E-state index in [4.69, 9.17) is 0 Å². The molecule has 2 aromatic carbocycles. The number of benzene rings is 2. The van der Waals surface area contributed by atoms with Crippen LogP contribution in [0.2, 0.25) is 0 Å². The predicted octanol–water partition coefficient (Wildman–Crippen LogP) is 2.77. The molecule has 0 radical (unpaired) electrons. The zero-order valence-corrected chi connectivity index (χ0v) is 12.2. The van der Waals surface area contributed by atoms with Crippen LogP contribution in [0.25, 0.3) is 0 Å². The van der Waals surface area contributed by atoms with Gasteiger partial charge in [0.05, 0.1) is 11.4 Å². The van der Waals surface area contributed by atoms with E-state index in [-0.39, 0.29) is 0 Å². The molecule has 0 heterocycles. The van der Waals surface area contributed by atoms with Gasteiger partial charge in [0.15, 0.2) is 0 Å². The van der Waals surface area contributed by atoms with Crippen LogP contribution in [0.1, 0.15) is 6.92 Å². The smallest absolute Gasteiger partial charge is 0.337 e. The number of urea groups is 2. The number of anilines is 2. The molecular formula is C16H18N4O2. The maximum Gasteiger partial charge on any atom is 0.345 e. The lowest BCUT2D eigenvalue weighted by Gasteiger charge is -2.23. The van der Waals surface area contributed by atoms with Gasteiger partial charge in [0, 0.05) is 6.54 Å². The number of hydrogen-bond donors (Lipinski definition) is 3. The molecule has 6 heteroatoms. The van der Waals surface area contributed by atoms with Crippen LogP contribution >= 0.6 is 0 Å². The first-order valence-electron chi connectivity index (χ1n) is 6.96. The van der Waals surface area contributed by atoms with Gasteiger partial charge in [-0.25, -0.2) is 20.4 Å². The number of para-hydroxylation sites is 2. The summed E-state index contributed by atoms with van der Waals surface area (Å²) >= 11 is 0. The maximum absolute atomic E-state index is 12.4. The Bertz CT molecular complexity index is 577. The van der Waals surface area contributed by atoms with Crippen LogP contribution < -0.4 is 21.1 Å². The van der Waals surface area contributed by atoms with Gasteiger partial charge in [-0.1, -0.05) is 36.4 Å². The van der Waals surface area contributed by atoms with E-state index < -0.39 is 12.1 Å². The molecule has 0 aliphatic heterocycles. The standard InChI is InChI=1S/C16H18N4O2/c1-2-17-15(21)18-19-16(22)20(13-9-5-3-6-10-13)14-11-7-4-8-12-14/h3-12H,2H2,1H3,(H,19,22)(H2,17,18,21). The Labute approximate surface area is 129 Å². The second kappa shape index (κ2) is 7.68. The number of rotatable bonds is 3. The summed E-state index contributed by atoms with van der Waals surface area (Å²) in [4.78, 5) is 25.3. The van der Waals surface area contributed by atoms with Crippen molar-refractivity contribution < 1.29 is 9.59 Å². The van der Waals surface area contributed by atoms with Gasteiger partial charge in [0.2, 0.25) is 0 Å². The number of nitrogens with one attached hydrogen (secondary N) is 3. The Hall–Kier alpha value is -3.02. The van der Waals surface area contributed by atoms with Gasteiger partial charge < -0.3 is 5.32 Å². The average molecular weight is 298 g/mol. The molecule has 6 nitrogen and oxygen atoms in total. The first-order valence-corrected chi connectivity index (χ1v) is 6.96. The van der Waals surface area contributed by atoms with Crippen LogP contribution in [-0.4, -0.2) is 18.6 Å². The monoisotopic (exact) mass is 298 g/mol. The summed E-state index contributed by atoms with van der Waals surface area (Å²) in [6.07, 6.45) is 0. The molecule has 3 N–H and O–H groups in total. The number of carbonyl (C=O) groups excluding carboxylic acids is 2. The molecule has 2 aromatic rings. The number of hydrazine groups is 1. The van der Waals surface area contributed by atoms with Crippen molar-refractivity contribution in [2.75, 3.05) is 11.4 Å². The summed E-state index contributed by atoms with van der Waals surface area (Å²) in [5.41, 5.74) is 6.10. The van der Waals surface area contributed by atoms with Gasteiger partial charge in [0.25, 0.3) is 0 Å². The molecule has 0 aliphatic rings. The maximum atomic E-state index is 12.4. The van der Waals surface area contributed by atoms with Gasteiger partial charge in [0.1, 0.15) is 0 Å². The molecule has 0 fully saturated rings. The Morgan fingerprint density at radius 1 is 0.864 bits per heavy atom. The van der Waals surface area contributed by atoms with E-state index in [1.54, 1.807) is 6.92 Å². The van der Waals surface area contributed by atoms with Crippen LogP contribution in [0.4, 0.5) is 21.0 Å². The predicted molar refractivity (Wildman–Crippen MR) is 85.8 cm³/mol. The molecule has 22 heavy (non-hydrogen) atoms. The van der Waals surface area contributed by atoms with Crippen molar-refractivity contribution >= 4 is 23.4 Å². The van der Waals surface area contributed by atoms with Crippen LogP contribution in [0.15, 0.2) is 60.7 Å². The lowest BCUT2D eigenvalue weighted by atomic mass is 10.2. The second-order valence-electron chi connectivity index (χ2n) is 4.42. The van der Waals surface area contributed by atoms with E-state index in [2.05, 4.69) is 16.2 Å². The highest BCUT2D eigenvalue weighted by Crippen LogP contribution is 2.24. The minimum absolute atomic E-state index is 0.455.